The summed E-state index contributed by atoms with van der Waals surface area (Å²) in [6.45, 7) is 2.05. The Morgan fingerprint density at radius 2 is 2.11 bits per heavy atom. The summed E-state index contributed by atoms with van der Waals surface area (Å²) in [4.78, 5) is 11.6. The van der Waals surface area contributed by atoms with Gasteiger partial charge in [-0.1, -0.05) is 37.3 Å². The summed E-state index contributed by atoms with van der Waals surface area (Å²) >= 11 is 0. The molecular weight excluding hydrogens is 228 g/mol. The number of hydrogen-bond acceptors (Lipinski definition) is 3. The van der Waals surface area contributed by atoms with Gasteiger partial charge in [-0.15, -0.1) is 0 Å². The van der Waals surface area contributed by atoms with Crippen molar-refractivity contribution < 1.29 is 14.3 Å². The standard InChI is InChI=1S/C15H16O3/c1-10-9-15(11-6-4-3-5-7-11)13(18-15)8-12(10)14(16)17-2/h3-8,10,13H,9H2,1-2H3/t10-,13+,15+/m1/s1. The molecule has 3 nitrogen and oxygen atoms in total. The molecule has 3 heteroatoms. The van der Waals surface area contributed by atoms with Gasteiger partial charge in [0.1, 0.15) is 11.7 Å². The van der Waals surface area contributed by atoms with Gasteiger partial charge in [-0.05, 0) is 24.0 Å². The highest BCUT2D eigenvalue weighted by Gasteiger charge is 2.59. The molecule has 94 valence electrons. The fourth-order valence-electron chi connectivity index (χ4n) is 2.88. The van der Waals surface area contributed by atoms with Gasteiger partial charge in [0.25, 0.3) is 0 Å². The van der Waals surface area contributed by atoms with Crippen molar-refractivity contribution in [3.63, 3.8) is 0 Å². The zero-order valence-electron chi connectivity index (χ0n) is 10.6. The number of hydrogen-bond donors (Lipinski definition) is 0. The molecular formula is C15H16O3. The Morgan fingerprint density at radius 1 is 1.39 bits per heavy atom. The smallest absolute Gasteiger partial charge is 0.333 e. The minimum atomic E-state index is -0.236. The lowest BCUT2D eigenvalue weighted by Gasteiger charge is -2.23. The van der Waals surface area contributed by atoms with Crippen LogP contribution in [-0.4, -0.2) is 19.2 Å². The van der Waals surface area contributed by atoms with Gasteiger partial charge in [0.05, 0.1) is 7.11 Å². The van der Waals surface area contributed by atoms with E-state index in [4.69, 9.17) is 9.47 Å². The number of benzene rings is 1. The molecule has 0 unspecified atom stereocenters. The monoisotopic (exact) mass is 244 g/mol. The Kier molecular flexibility index (Phi) is 2.52. The van der Waals surface area contributed by atoms with Gasteiger partial charge in [-0.25, -0.2) is 4.79 Å². The first-order valence-electron chi connectivity index (χ1n) is 6.21. The number of ether oxygens (including phenoxy) is 2. The molecule has 1 aliphatic heterocycles. The third kappa shape index (κ3) is 1.58. The van der Waals surface area contributed by atoms with Gasteiger partial charge in [0, 0.05) is 5.57 Å². The van der Waals surface area contributed by atoms with Crippen molar-refractivity contribution >= 4 is 5.97 Å². The van der Waals surface area contributed by atoms with Crippen molar-refractivity contribution in [1.82, 2.24) is 0 Å². The lowest BCUT2D eigenvalue weighted by Crippen LogP contribution is -2.25. The average Bonchev–Trinajstić information content (AvgIpc) is 3.12. The second-order valence-corrected chi connectivity index (χ2v) is 5.01. The molecule has 2 aliphatic rings. The zero-order chi connectivity index (χ0) is 12.8. The number of rotatable bonds is 2. The maximum absolute atomic E-state index is 11.6. The molecule has 0 amide bonds. The summed E-state index contributed by atoms with van der Waals surface area (Å²) in [5.41, 5.74) is 1.73. The van der Waals surface area contributed by atoms with E-state index in [0.29, 0.717) is 0 Å². The van der Waals surface area contributed by atoms with E-state index in [1.165, 1.54) is 12.7 Å². The number of esters is 1. The SMILES string of the molecule is COC(=O)C1=C[C@@H]2O[C@]2(c2ccccc2)C[C@H]1C. The zero-order valence-corrected chi connectivity index (χ0v) is 10.6. The first-order valence-corrected chi connectivity index (χ1v) is 6.21. The molecule has 1 aromatic rings. The number of epoxide rings is 1. The predicted octanol–water partition coefficient (Wildman–Crippen LogP) is 2.42. The Bertz CT molecular complexity index is 506. The summed E-state index contributed by atoms with van der Waals surface area (Å²) < 4.78 is 10.7. The summed E-state index contributed by atoms with van der Waals surface area (Å²) in [6, 6.07) is 10.2. The maximum Gasteiger partial charge on any atom is 0.333 e. The second kappa shape index (κ2) is 3.95. The highest BCUT2D eigenvalue weighted by molar-refractivity contribution is 5.89. The Labute approximate surface area is 106 Å². The minimum Gasteiger partial charge on any atom is -0.466 e. The van der Waals surface area contributed by atoms with Crippen molar-refractivity contribution in [2.24, 2.45) is 5.92 Å². The van der Waals surface area contributed by atoms with Gasteiger partial charge in [-0.3, -0.25) is 0 Å². The van der Waals surface area contributed by atoms with E-state index in [1.54, 1.807) is 0 Å². The molecule has 1 fully saturated rings. The molecule has 18 heavy (non-hydrogen) atoms. The molecule has 1 heterocycles. The molecule has 0 spiro atoms. The molecule has 1 aliphatic carbocycles. The molecule has 3 rings (SSSR count). The van der Waals surface area contributed by atoms with Crippen LogP contribution in [0.1, 0.15) is 18.9 Å². The molecule has 0 bridgehead atoms. The van der Waals surface area contributed by atoms with Crippen molar-refractivity contribution in [2.75, 3.05) is 7.11 Å². The van der Waals surface area contributed by atoms with Crippen LogP contribution in [0.4, 0.5) is 0 Å². The van der Waals surface area contributed by atoms with Gasteiger partial charge < -0.3 is 9.47 Å². The third-order valence-corrected chi connectivity index (χ3v) is 3.89. The first-order chi connectivity index (χ1) is 8.67. The van der Waals surface area contributed by atoms with Crippen molar-refractivity contribution in [3.05, 3.63) is 47.5 Å². The van der Waals surface area contributed by atoms with E-state index in [1.807, 2.05) is 31.2 Å². The molecule has 0 N–H and O–H groups in total. The summed E-state index contributed by atoms with van der Waals surface area (Å²) in [6.07, 6.45) is 2.78. The van der Waals surface area contributed by atoms with Gasteiger partial charge in [0.15, 0.2) is 0 Å². The number of carbonyl (C=O) groups excluding carboxylic acids is 1. The number of fused-ring (bicyclic) bond motifs is 1. The van der Waals surface area contributed by atoms with Crippen LogP contribution in [0.2, 0.25) is 0 Å². The first kappa shape index (κ1) is 11.5. The van der Waals surface area contributed by atoms with E-state index < -0.39 is 0 Å². The topological polar surface area (TPSA) is 38.8 Å². The Balaban J connectivity index is 1.91. The second-order valence-electron chi connectivity index (χ2n) is 5.01. The molecule has 1 saturated heterocycles. The largest absolute Gasteiger partial charge is 0.466 e. The molecule has 1 aromatic carbocycles. The van der Waals surface area contributed by atoms with Crippen molar-refractivity contribution in [3.8, 4) is 0 Å². The van der Waals surface area contributed by atoms with Crippen LogP contribution in [-0.2, 0) is 19.9 Å². The van der Waals surface area contributed by atoms with Gasteiger partial charge in [-0.2, -0.15) is 0 Å². The van der Waals surface area contributed by atoms with Crippen LogP contribution < -0.4 is 0 Å². The normalized spacial score (nSPS) is 33.3. The fraction of sp³-hybridized carbons (Fsp3) is 0.400. The Morgan fingerprint density at radius 3 is 2.78 bits per heavy atom. The quantitative estimate of drug-likeness (QED) is 0.592. The highest BCUT2D eigenvalue weighted by atomic mass is 16.6. The highest BCUT2D eigenvalue weighted by Crippen LogP contribution is 2.55. The fourth-order valence-corrected chi connectivity index (χ4v) is 2.88. The van der Waals surface area contributed by atoms with Gasteiger partial charge >= 0.3 is 5.97 Å². The molecule has 0 saturated carbocycles. The molecule has 3 atom stereocenters. The minimum absolute atomic E-state index is 0.0187. The van der Waals surface area contributed by atoms with E-state index in [2.05, 4.69) is 12.1 Å². The number of methoxy groups -OCH3 is 1. The summed E-state index contributed by atoms with van der Waals surface area (Å²) in [5.74, 6) is -0.0731. The lowest BCUT2D eigenvalue weighted by molar-refractivity contribution is -0.136. The number of carbonyl (C=O) groups is 1. The Hall–Kier alpha value is -1.61. The van der Waals surface area contributed by atoms with E-state index in [9.17, 15) is 4.79 Å². The van der Waals surface area contributed by atoms with Crippen LogP contribution in [0, 0.1) is 5.92 Å². The van der Waals surface area contributed by atoms with E-state index in [-0.39, 0.29) is 23.6 Å². The summed E-state index contributed by atoms with van der Waals surface area (Å²) in [7, 11) is 1.42. The van der Waals surface area contributed by atoms with E-state index >= 15 is 0 Å². The third-order valence-electron chi connectivity index (χ3n) is 3.89. The average molecular weight is 244 g/mol. The van der Waals surface area contributed by atoms with Crippen LogP contribution >= 0.6 is 0 Å². The maximum atomic E-state index is 11.6. The van der Waals surface area contributed by atoms with Crippen LogP contribution in [0.25, 0.3) is 0 Å². The van der Waals surface area contributed by atoms with Crippen LogP contribution in [0.15, 0.2) is 42.0 Å². The van der Waals surface area contributed by atoms with Crippen molar-refractivity contribution in [1.29, 1.82) is 0 Å². The van der Waals surface area contributed by atoms with Gasteiger partial charge in [0.2, 0.25) is 0 Å². The summed E-state index contributed by atoms with van der Waals surface area (Å²) in [5, 5.41) is 0. The van der Waals surface area contributed by atoms with Crippen LogP contribution in [0.5, 0.6) is 0 Å². The molecule has 0 radical (unpaired) electrons. The van der Waals surface area contributed by atoms with Crippen molar-refractivity contribution in [2.45, 2.75) is 25.0 Å². The van der Waals surface area contributed by atoms with E-state index in [0.717, 1.165) is 12.0 Å². The van der Waals surface area contributed by atoms with Crippen LogP contribution in [0.3, 0.4) is 0 Å². The molecule has 0 aromatic heterocycles. The lowest BCUT2D eigenvalue weighted by atomic mass is 9.78. The predicted molar refractivity (Wildman–Crippen MR) is 66.9 cm³/mol.